The van der Waals surface area contributed by atoms with Gasteiger partial charge in [0.25, 0.3) is 0 Å². The lowest BCUT2D eigenvalue weighted by Crippen LogP contribution is -2.20. The van der Waals surface area contributed by atoms with Crippen LogP contribution in [0, 0.1) is 0 Å². The zero-order chi connectivity index (χ0) is 12.3. The van der Waals surface area contributed by atoms with Gasteiger partial charge >= 0.3 is 5.97 Å². The normalized spacial score (nSPS) is 14.5. The predicted molar refractivity (Wildman–Crippen MR) is 62.8 cm³/mol. The monoisotopic (exact) mass is 308 g/mol. The standard InChI is InChI=1S/C10H10BrClO4/c11-7-2-1-5(3-6(7)10(15)16)9(14)8(13)4-12/h1-3,8-9,13-14H,4H2,(H,15,16). The summed E-state index contributed by atoms with van der Waals surface area (Å²) in [7, 11) is 0. The maximum absolute atomic E-state index is 10.8. The zero-order valence-electron chi connectivity index (χ0n) is 8.10. The van der Waals surface area contributed by atoms with Gasteiger partial charge in [0, 0.05) is 4.47 Å². The molecular weight excluding hydrogens is 299 g/mol. The van der Waals surface area contributed by atoms with Crippen LogP contribution in [-0.2, 0) is 0 Å². The summed E-state index contributed by atoms with van der Waals surface area (Å²) >= 11 is 8.48. The summed E-state index contributed by atoms with van der Waals surface area (Å²) in [6, 6.07) is 4.33. The topological polar surface area (TPSA) is 77.8 Å². The van der Waals surface area contributed by atoms with Gasteiger partial charge in [0.2, 0.25) is 0 Å². The maximum Gasteiger partial charge on any atom is 0.336 e. The molecule has 0 aromatic heterocycles. The van der Waals surface area contributed by atoms with E-state index in [0.29, 0.717) is 10.0 Å². The Morgan fingerprint density at radius 1 is 1.44 bits per heavy atom. The van der Waals surface area contributed by atoms with Crippen molar-refractivity contribution in [3.05, 3.63) is 33.8 Å². The molecule has 0 bridgehead atoms. The minimum Gasteiger partial charge on any atom is -0.478 e. The molecule has 16 heavy (non-hydrogen) atoms. The second-order valence-electron chi connectivity index (χ2n) is 3.21. The first kappa shape index (κ1) is 13.4. The van der Waals surface area contributed by atoms with Crippen LogP contribution in [0.15, 0.2) is 22.7 Å². The van der Waals surface area contributed by atoms with E-state index in [1.54, 1.807) is 0 Å². The first-order valence-corrected chi connectivity index (χ1v) is 5.75. The van der Waals surface area contributed by atoms with Gasteiger partial charge in [-0.25, -0.2) is 4.79 Å². The Kier molecular flexibility index (Phi) is 4.73. The van der Waals surface area contributed by atoms with Crippen LogP contribution in [0.25, 0.3) is 0 Å². The number of hydrogen-bond donors (Lipinski definition) is 3. The SMILES string of the molecule is O=C(O)c1cc(C(O)C(O)CCl)ccc1Br. The van der Waals surface area contributed by atoms with Crippen LogP contribution >= 0.6 is 27.5 Å². The van der Waals surface area contributed by atoms with Crippen LogP contribution in [0.4, 0.5) is 0 Å². The van der Waals surface area contributed by atoms with Crippen LogP contribution in [0.5, 0.6) is 0 Å². The number of hydrogen-bond acceptors (Lipinski definition) is 3. The highest BCUT2D eigenvalue weighted by Gasteiger charge is 2.19. The van der Waals surface area contributed by atoms with Gasteiger partial charge in [-0.3, -0.25) is 0 Å². The number of alkyl halides is 1. The van der Waals surface area contributed by atoms with Crippen LogP contribution in [0.3, 0.4) is 0 Å². The molecule has 0 radical (unpaired) electrons. The van der Waals surface area contributed by atoms with Gasteiger partial charge in [-0.15, -0.1) is 11.6 Å². The quantitative estimate of drug-likeness (QED) is 0.741. The molecular formula is C10H10BrClO4. The van der Waals surface area contributed by atoms with Gasteiger partial charge < -0.3 is 15.3 Å². The number of aromatic carboxylic acids is 1. The molecule has 88 valence electrons. The summed E-state index contributed by atoms with van der Waals surface area (Å²) in [5.74, 6) is -1.24. The number of aliphatic hydroxyl groups is 2. The summed E-state index contributed by atoms with van der Waals surface area (Å²) in [6.07, 6.45) is -2.31. The molecule has 3 N–H and O–H groups in total. The number of rotatable bonds is 4. The van der Waals surface area contributed by atoms with E-state index >= 15 is 0 Å². The fraction of sp³-hybridized carbons (Fsp3) is 0.300. The second kappa shape index (κ2) is 5.63. The number of carboxylic acids is 1. The first-order valence-electron chi connectivity index (χ1n) is 4.42. The molecule has 0 aliphatic rings. The molecule has 6 heteroatoms. The highest BCUT2D eigenvalue weighted by molar-refractivity contribution is 9.10. The molecule has 1 aromatic carbocycles. The summed E-state index contributed by atoms with van der Waals surface area (Å²) in [5, 5.41) is 27.8. The molecule has 4 nitrogen and oxygen atoms in total. The molecule has 0 aliphatic carbocycles. The van der Waals surface area contributed by atoms with Gasteiger partial charge in [-0.05, 0) is 33.6 Å². The molecule has 0 spiro atoms. The molecule has 0 fully saturated rings. The largest absolute Gasteiger partial charge is 0.478 e. The molecule has 0 heterocycles. The summed E-state index contributed by atoms with van der Waals surface area (Å²) in [4.78, 5) is 10.8. The average molecular weight is 310 g/mol. The third kappa shape index (κ3) is 2.95. The highest BCUT2D eigenvalue weighted by Crippen LogP contribution is 2.24. The van der Waals surface area contributed by atoms with E-state index in [9.17, 15) is 15.0 Å². The number of aliphatic hydroxyl groups excluding tert-OH is 2. The van der Waals surface area contributed by atoms with Crippen molar-refractivity contribution in [3.63, 3.8) is 0 Å². The van der Waals surface area contributed by atoms with E-state index in [2.05, 4.69) is 15.9 Å². The van der Waals surface area contributed by atoms with Crippen molar-refractivity contribution in [3.8, 4) is 0 Å². The Balaban J connectivity index is 3.07. The van der Waals surface area contributed by atoms with Crippen molar-refractivity contribution in [2.45, 2.75) is 12.2 Å². The number of benzene rings is 1. The van der Waals surface area contributed by atoms with E-state index in [0.717, 1.165) is 0 Å². The van der Waals surface area contributed by atoms with Gasteiger partial charge in [-0.1, -0.05) is 6.07 Å². The fourth-order valence-corrected chi connectivity index (χ4v) is 1.78. The van der Waals surface area contributed by atoms with Crippen molar-refractivity contribution >= 4 is 33.5 Å². The second-order valence-corrected chi connectivity index (χ2v) is 4.37. The third-order valence-corrected chi connectivity index (χ3v) is 3.09. The van der Waals surface area contributed by atoms with E-state index in [-0.39, 0.29) is 11.4 Å². The Bertz CT molecular complexity index is 396. The number of carboxylic acid groups (broad SMARTS) is 1. The summed E-state index contributed by atoms with van der Waals surface area (Å²) < 4.78 is 0.413. The molecule has 2 atom stereocenters. The van der Waals surface area contributed by atoms with Gasteiger partial charge in [0.1, 0.15) is 6.10 Å². The first-order chi connectivity index (χ1) is 7.47. The van der Waals surface area contributed by atoms with Gasteiger partial charge in [-0.2, -0.15) is 0 Å². The predicted octanol–water partition coefficient (Wildman–Crippen LogP) is 1.78. The molecule has 1 aromatic rings. The summed E-state index contributed by atoms with van der Waals surface area (Å²) in [5.41, 5.74) is 0.340. The van der Waals surface area contributed by atoms with E-state index < -0.39 is 18.2 Å². The van der Waals surface area contributed by atoms with E-state index in [1.807, 2.05) is 0 Å². The smallest absolute Gasteiger partial charge is 0.336 e. The molecule has 0 saturated carbocycles. The van der Waals surface area contributed by atoms with Crippen LogP contribution < -0.4 is 0 Å². The average Bonchev–Trinajstić information content (AvgIpc) is 2.27. The summed E-state index contributed by atoms with van der Waals surface area (Å²) in [6.45, 7) is 0. The van der Waals surface area contributed by atoms with Crippen molar-refractivity contribution in [2.75, 3.05) is 5.88 Å². The third-order valence-electron chi connectivity index (χ3n) is 2.08. The Morgan fingerprint density at radius 2 is 2.06 bits per heavy atom. The highest BCUT2D eigenvalue weighted by atomic mass is 79.9. The lowest BCUT2D eigenvalue weighted by molar-refractivity contribution is 0.0326. The molecule has 1 rings (SSSR count). The number of halogens is 2. The molecule has 0 aliphatic heterocycles. The van der Waals surface area contributed by atoms with E-state index in [1.165, 1.54) is 18.2 Å². The van der Waals surface area contributed by atoms with Crippen LogP contribution in [-0.4, -0.2) is 33.3 Å². The molecule has 2 unspecified atom stereocenters. The minimum absolute atomic E-state index is 0.0262. The van der Waals surface area contributed by atoms with Gasteiger partial charge in [0.05, 0.1) is 17.5 Å². The van der Waals surface area contributed by atoms with Crippen LogP contribution in [0.2, 0.25) is 0 Å². The molecule has 0 saturated heterocycles. The maximum atomic E-state index is 10.8. The lowest BCUT2D eigenvalue weighted by Gasteiger charge is -2.16. The van der Waals surface area contributed by atoms with E-state index in [4.69, 9.17) is 16.7 Å². The van der Waals surface area contributed by atoms with Crippen molar-refractivity contribution < 1.29 is 20.1 Å². The zero-order valence-corrected chi connectivity index (χ0v) is 10.4. The van der Waals surface area contributed by atoms with Crippen molar-refractivity contribution in [2.24, 2.45) is 0 Å². The fourth-order valence-electron chi connectivity index (χ4n) is 1.20. The minimum atomic E-state index is -1.19. The van der Waals surface area contributed by atoms with Gasteiger partial charge in [0.15, 0.2) is 0 Å². The Labute approximate surface area is 106 Å². The lowest BCUT2D eigenvalue weighted by atomic mass is 10.0. The molecule has 0 amide bonds. The number of carbonyl (C=O) groups is 1. The Morgan fingerprint density at radius 3 is 2.56 bits per heavy atom. The Hall–Kier alpha value is -0.620. The van der Waals surface area contributed by atoms with Crippen LogP contribution in [0.1, 0.15) is 22.0 Å². The van der Waals surface area contributed by atoms with Crippen molar-refractivity contribution in [1.29, 1.82) is 0 Å². The van der Waals surface area contributed by atoms with Crippen molar-refractivity contribution in [1.82, 2.24) is 0 Å².